The maximum atomic E-state index is 12.8. The van der Waals surface area contributed by atoms with Crippen molar-refractivity contribution in [3.05, 3.63) is 57.0 Å². The van der Waals surface area contributed by atoms with Gasteiger partial charge in [-0.25, -0.2) is 4.98 Å². The molecule has 4 rings (SSSR count). The minimum atomic E-state index is -0.479. The summed E-state index contributed by atoms with van der Waals surface area (Å²) in [5.41, 5.74) is 0.370. The van der Waals surface area contributed by atoms with Crippen molar-refractivity contribution in [2.75, 3.05) is 18.0 Å². The molecule has 7 nitrogen and oxygen atoms in total. The molecule has 1 atom stereocenters. The average Bonchev–Trinajstić information content (AvgIpc) is 3.12. The predicted molar refractivity (Wildman–Crippen MR) is 110 cm³/mol. The van der Waals surface area contributed by atoms with Gasteiger partial charge < -0.3 is 10.2 Å². The van der Waals surface area contributed by atoms with Crippen molar-refractivity contribution in [3.63, 3.8) is 0 Å². The van der Waals surface area contributed by atoms with Crippen LogP contribution < -0.4 is 15.8 Å². The van der Waals surface area contributed by atoms with Gasteiger partial charge in [0.25, 0.3) is 11.5 Å². The number of halogens is 1. The predicted octanol–water partition coefficient (Wildman–Crippen LogP) is 2.97. The van der Waals surface area contributed by atoms with Crippen LogP contribution in [0.5, 0.6) is 0 Å². The molecule has 3 heterocycles. The molecule has 0 spiro atoms. The van der Waals surface area contributed by atoms with E-state index < -0.39 is 11.5 Å². The lowest BCUT2D eigenvalue weighted by molar-refractivity contribution is 0.0948. The summed E-state index contributed by atoms with van der Waals surface area (Å²) in [4.78, 5) is 32.2. The molecule has 1 N–H and O–H groups in total. The fraction of sp³-hybridized carbons (Fsp3) is 0.368. The number of anilines is 1. The summed E-state index contributed by atoms with van der Waals surface area (Å²) in [7, 11) is 0. The van der Waals surface area contributed by atoms with Crippen molar-refractivity contribution in [2.24, 2.45) is 5.92 Å². The van der Waals surface area contributed by atoms with Crippen LogP contribution in [0.4, 0.5) is 5.13 Å². The van der Waals surface area contributed by atoms with E-state index in [1.165, 1.54) is 28.5 Å². The van der Waals surface area contributed by atoms with Gasteiger partial charge in [-0.15, -0.1) is 5.10 Å². The van der Waals surface area contributed by atoms with E-state index in [1.54, 1.807) is 12.1 Å². The highest BCUT2D eigenvalue weighted by atomic mass is 35.5. The maximum absolute atomic E-state index is 12.8. The van der Waals surface area contributed by atoms with E-state index in [9.17, 15) is 9.59 Å². The van der Waals surface area contributed by atoms with Gasteiger partial charge in [0.2, 0.25) is 10.1 Å². The van der Waals surface area contributed by atoms with Crippen molar-refractivity contribution in [3.8, 4) is 0 Å². The molecule has 9 heteroatoms. The van der Waals surface area contributed by atoms with Crippen LogP contribution in [0.25, 0.3) is 4.96 Å². The minimum Gasteiger partial charge on any atom is -0.348 e. The largest absolute Gasteiger partial charge is 0.348 e. The summed E-state index contributed by atoms with van der Waals surface area (Å²) in [6, 6.07) is 7.19. The minimum absolute atomic E-state index is 0.0246. The number of carbonyl (C=O) groups excluding carboxylic acids is 1. The fourth-order valence-corrected chi connectivity index (χ4v) is 4.46. The molecular weight excluding hydrogens is 398 g/mol. The maximum Gasteiger partial charge on any atom is 0.288 e. The van der Waals surface area contributed by atoms with Crippen LogP contribution in [-0.2, 0) is 6.54 Å². The van der Waals surface area contributed by atoms with E-state index in [4.69, 9.17) is 11.6 Å². The van der Waals surface area contributed by atoms with Gasteiger partial charge in [0.05, 0.1) is 0 Å². The molecule has 1 saturated heterocycles. The number of amides is 1. The lowest BCUT2D eigenvalue weighted by Gasteiger charge is -2.30. The number of hydrogen-bond donors (Lipinski definition) is 1. The molecule has 0 saturated carbocycles. The smallest absolute Gasteiger partial charge is 0.288 e. The third kappa shape index (κ3) is 3.88. The van der Waals surface area contributed by atoms with Gasteiger partial charge in [-0.3, -0.25) is 9.59 Å². The second-order valence-electron chi connectivity index (χ2n) is 7.06. The van der Waals surface area contributed by atoms with E-state index in [0.717, 1.165) is 30.2 Å². The van der Waals surface area contributed by atoms with Gasteiger partial charge >= 0.3 is 0 Å². The van der Waals surface area contributed by atoms with Crippen molar-refractivity contribution < 1.29 is 4.79 Å². The molecule has 3 aromatic rings. The number of fused-ring (bicyclic) bond motifs is 1. The average molecular weight is 418 g/mol. The number of benzene rings is 1. The molecule has 2 aromatic heterocycles. The van der Waals surface area contributed by atoms with Crippen LogP contribution >= 0.6 is 22.9 Å². The zero-order valence-electron chi connectivity index (χ0n) is 15.4. The Kier molecular flexibility index (Phi) is 5.32. The lowest BCUT2D eigenvalue weighted by atomic mass is 10.0. The van der Waals surface area contributed by atoms with Gasteiger partial charge in [-0.05, 0) is 36.5 Å². The first-order valence-electron chi connectivity index (χ1n) is 9.18. The Morgan fingerprint density at radius 2 is 2.29 bits per heavy atom. The molecule has 0 aliphatic carbocycles. The van der Waals surface area contributed by atoms with Crippen molar-refractivity contribution in [2.45, 2.75) is 26.3 Å². The van der Waals surface area contributed by atoms with Gasteiger partial charge in [0.15, 0.2) is 0 Å². The summed E-state index contributed by atoms with van der Waals surface area (Å²) in [6.07, 6.45) is 3.64. The zero-order valence-corrected chi connectivity index (χ0v) is 17.0. The van der Waals surface area contributed by atoms with E-state index >= 15 is 0 Å². The molecule has 0 bridgehead atoms. The molecule has 0 unspecified atom stereocenters. The first-order chi connectivity index (χ1) is 13.5. The van der Waals surface area contributed by atoms with E-state index in [1.807, 2.05) is 12.1 Å². The SMILES string of the molecule is C[C@H]1CCCN(c2nn3c(=O)c(C(=O)NCc4cccc(Cl)c4)cnc3s2)C1. The molecule has 0 radical (unpaired) electrons. The summed E-state index contributed by atoms with van der Waals surface area (Å²) < 4.78 is 1.23. The Balaban J connectivity index is 1.55. The normalized spacial score (nSPS) is 17.1. The molecule has 1 aromatic carbocycles. The van der Waals surface area contributed by atoms with Crippen LogP contribution in [0, 0.1) is 5.92 Å². The molecule has 1 fully saturated rings. The lowest BCUT2D eigenvalue weighted by Crippen LogP contribution is -2.34. The van der Waals surface area contributed by atoms with Crippen LogP contribution in [0.15, 0.2) is 35.3 Å². The standard InChI is InChI=1S/C19H20ClN5O2S/c1-12-4-3-7-24(11-12)19-23-25-17(27)15(10-22-18(25)28-19)16(26)21-9-13-5-2-6-14(20)8-13/h2,5-6,8,10,12H,3-4,7,9,11H2,1H3,(H,21,26)/t12-/m0/s1. The number of nitrogens with one attached hydrogen (secondary N) is 1. The molecule has 28 heavy (non-hydrogen) atoms. The number of carbonyl (C=O) groups is 1. The Hall–Kier alpha value is -2.45. The summed E-state index contributed by atoms with van der Waals surface area (Å²) in [6.45, 7) is 4.33. The van der Waals surface area contributed by atoms with Crippen LogP contribution in [0.2, 0.25) is 5.02 Å². The quantitative estimate of drug-likeness (QED) is 0.705. The first-order valence-corrected chi connectivity index (χ1v) is 10.4. The fourth-order valence-electron chi connectivity index (χ4n) is 3.35. The number of rotatable bonds is 4. The molecule has 1 aliphatic rings. The summed E-state index contributed by atoms with van der Waals surface area (Å²) in [5, 5.41) is 8.54. The van der Waals surface area contributed by atoms with Gasteiger partial charge in [-0.1, -0.05) is 42.0 Å². The van der Waals surface area contributed by atoms with Gasteiger partial charge in [0, 0.05) is 30.9 Å². The Bertz CT molecular complexity index is 1080. The van der Waals surface area contributed by atoms with Gasteiger partial charge in [0.1, 0.15) is 5.56 Å². The highest BCUT2D eigenvalue weighted by molar-refractivity contribution is 7.20. The van der Waals surface area contributed by atoms with E-state index in [2.05, 4.69) is 27.2 Å². The first kappa shape index (κ1) is 18.9. The molecular formula is C19H20ClN5O2S. The zero-order chi connectivity index (χ0) is 19.7. The molecule has 146 valence electrons. The second kappa shape index (κ2) is 7.89. The topological polar surface area (TPSA) is 79.6 Å². The third-order valence-corrected chi connectivity index (χ3v) is 6.01. The number of nitrogens with zero attached hydrogens (tertiary/aromatic N) is 4. The van der Waals surface area contributed by atoms with Crippen LogP contribution in [-0.4, -0.2) is 33.6 Å². The van der Waals surface area contributed by atoms with Crippen LogP contribution in [0.3, 0.4) is 0 Å². The molecule has 1 amide bonds. The summed E-state index contributed by atoms with van der Waals surface area (Å²) in [5.74, 6) is 0.117. The Labute approximate surface area is 171 Å². The van der Waals surface area contributed by atoms with Crippen molar-refractivity contribution >= 4 is 38.9 Å². The highest BCUT2D eigenvalue weighted by Crippen LogP contribution is 2.26. The highest BCUT2D eigenvalue weighted by Gasteiger charge is 2.22. The Morgan fingerprint density at radius 3 is 3.07 bits per heavy atom. The number of hydrogen-bond acceptors (Lipinski definition) is 6. The van der Waals surface area contributed by atoms with E-state index in [0.29, 0.717) is 15.9 Å². The van der Waals surface area contributed by atoms with Gasteiger partial charge in [-0.2, -0.15) is 4.52 Å². The summed E-state index contributed by atoms with van der Waals surface area (Å²) >= 11 is 7.33. The monoisotopic (exact) mass is 417 g/mol. The van der Waals surface area contributed by atoms with Crippen LogP contribution in [0.1, 0.15) is 35.7 Å². The molecule has 1 aliphatic heterocycles. The number of aromatic nitrogens is 3. The third-order valence-electron chi connectivity index (χ3n) is 4.79. The van der Waals surface area contributed by atoms with Crippen molar-refractivity contribution in [1.82, 2.24) is 19.9 Å². The van der Waals surface area contributed by atoms with E-state index in [-0.39, 0.29) is 12.1 Å². The second-order valence-corrected chi connectivity index (χ2v) is 8.43. The van der Waals surface area contributed by atoms with Crippen molar-refractivity contribution in [1.29, 1.82) is 0 Å². The Morgan fingerprint density at radius 1 is 1.43 bits per heavy atom. The number of piperidine rings is 1.